The number of hydrogen-bond donors (Lipinski definition) is 1. The van der Waals surface area contributed by atoms with E-state index in [2.05, 4.69) is 10.3 Å². The number of methoxy groups -OCH3 is 1. The molecule has 0 unspecified atom stereocenters. The highest BCUT2D eigenvalue weighted by atomic mass is 35.5. The predicted molar refractivity (Wildman–Crippen MR) is 138 cm³/mol. The molecule has 1 fully saturated rings. The van der Waals surface area contributed by atoms with Crippen molar-refractivity contribution in [2.45, 2.75) is 18.9 Å². The molecule has 5 rings (SSSR count). The Kier molecular flexibility index (Phi) is 6.57. The fraction of sp³-hybridized carbons (Fsp3) is 0.192. The number of nitrogens with one attached hydrogen (secondary N) is 1. The van der Waals surface area contributed by atoms with Crippen molar-refractivity contribution in [1.29, 1.82) is 0 Å². The lowest BCUT2D eigenvalue weighted by Gasteiger charge is -2.21. The molecule has 7 nitrogen and oxygen atoms in total. The summed E-state index contributed by atoms with van der Waals surface area (Å²) in [6, 6.07) is 18.5. The second-order valence-electron chi connectivity index (χ2n) is 8.21. The van der Waals surface area contributed by atoms with Crippen LogP contribution in [0.2, 0.25) is 5.02 Å². The number of carbonyl (C=O) groups is 2. The van der Waals surface area contributed by atoms with Gasteiger partial charge in [-0.3, -0.25) is 19.5 Å². The van der Waals surface area contributed by atoms with Crippen molar-refractivity contribution in [2.24, 2.45) is 0 Å². The number of imidazole rings is 1. The molecule has 0 saturated heterocycles. The van der Waals surface area contributed by atoms with Crippen molar-refractivity contribution in [3.8, 4) is 22.7 Å². The predicted octanol–water partition coefficient (Wildman–Crippen LogP) is 5.51. The number of anilines is 1. The van der Waals surface area contributed by atoms with Crippen LogP contribution in [-0.2, 0) is 4.79 Å². The third-order valence-corrected chi connectivity index (χ3v) is 6.85. The first-order valence-corrected chi connectivity index (χ1v) is 12.4. The summed E-state index contributed by atoms with van der Waals surface area (Å²) in [4.78, 5) is 33.0. The Morgan fingerprint density at radius 2 is 1.89 bits per heavy atom. The van der Waals surface area contributed by atoms with E-state index in [1.54, 1.807) is 30.2 Å². The molecule has 2 aromatic carbocycles. The molecule has 2 heterocycles. The van der Waals surface area contributed by atoms with Gasteiger partial charge in [0.1, 0.15) is 12.3 Å². The summed E-state index contributed by atoms with van der Waals surface area (Å²) >= 11 is 7.43. The van der Waals surface area contributed by atoms with E-state index in [0.717, 1.165) is 29.8 Å². The fourth-order valence-electron chi connectivity index (χ4n) is 3.78. The average Bonchev–Trinajstić information content (AvgIpc) is 3.39. The molecule has 35 heavy (non-hydrogen) atoms. The lowest BCUT2D eigenvalue weighted by atomic mass is 10.2. The zero-order valence-corrected chi connectivity index (χ0v) is 20.6. The fourth-order valence-corrected chi connectivity index (χ4v) is 4.59. The van der Waals surface area contributed by atoms with E-state index in [4.69, 9.17) is 16.3 Å². The van der Waals surface area contributed by atoms with Gasteiger partial charge in [-0.05, 0) is 60.7 Å². The Bertz CT molecular complexity index is 1330. The van der Waals surface area contributed by atoms with Crippen LogP contribution in [0.25, 0.3) is 16.9 Å². The summed E-state index contributed by atoms with van der Waals surface area (Å²) in [5.74, 6) is 0.678. The van der Waals surface area contributed by atoms with Crippen LogP contribution in [0.3, 0.4) is 0 Å². The van der Waals surface area contributed by atoms with Crippen molar-refractivity contribution in [1.82, 2.24) is 14.5 Å². The summed E-state index contributed by atoms with van der Waals surface area (Å²) in [5.41, 5.74) is 2.36. The topological polar surface area (TPSA) is 76.5 Å². The Morgan fingerprint density at radius 1 is 1.14 bits per heavy atom. The molecular formula is C26H23ClN4O3S. The standard InChI is InChI=1S/C26H23ClN4O3S/c1-34-21-12-10-20(11-13-21)31-15-22(17-4-6-18(27)7-5-17)28-26(31)29-24(32)16-30(19-8-9-19)25(33)23-3-2-14-35-23/h2-7,10-15,19H,8-9,16H2,1H3,(H,28,29,32). The van der Waals surface area contributed by atoms with Crippen LogP contribution in [0.5, 0.6) is 5.75 Å². The molecule has 1 aliphatic carbocycles. The third-order valence-electron chi connectivity index (χ3n) is 5.74. The molecule has 2 amide bonds. The summed E-state index contributed by atoms with van der Waals surface area (Å²) < 4.78 is 7.08. The van der Waals surface area contributed by atoms with E-state index in [-0.39, 0.29) is 24.4 Å². The number of aromatic nitrogens is 2. The van der Waals surface area contributed by atoms with Crippen molar-refractivity contribution in [3.63, 3.8) is 0 Å². The summed E-state index contributed by atoms with van der Waals surface area (Å²) in [7, 11) is 1.61. The zero-order valence-electron chi connectivity index (χ0n) is 19.0. The number of ether oxygens (including phenoxy) is 1. The molecule has 0 atom stereocenters. The first-order valence-electron chi connectivity index (χ1n) is 11.2. The van der Waals surface area contributed by atoms with Gasteiger partial charge in [-0.2, -0.15) is 0 Å². The van der Waals surface area contributed by atoms with Gasteiger partial charge < -0.3 is 9.64 Å². The van der Waals surface area contributed by atoms with Crippen LogP contribution in [-0.4, -0.2) is 46.0 Å². The lowest BCUT2D eigenvalue weighted by molar-refractivity contribution is -0.117. The maximum absolute atomic E-state index is 13.1. The number of rotatable bonds is 8. The van der Waals surface area contributed by atoms with Crippen molar-refractivity contribution >= 4 is 40.7 Å². The summed E-state index contributed by atoms with van der Waals surface area (Å²) in [6.45, 7) is -0.0346. The Morgan fingerprint density at radius 3 is 2.51 bits per heavy atom. The Hall–Kier alpha value is -3.62. The average molecular weight is 507 g/mol. The number of amides is 2. The number of hydrogen-bond acceptors (Lipinski definition) is 5. The summed E-state index contributed by atoms with van der Waals surface area (Å²) in [6.07, 6.45) is 3.67. The molecule has 1 saturated carbocycles. The molecule has 0 bridgehead atoms. The van der Waals surface area contributed by atoms with Gasteiger partial charge in [0, 0.05) is 28.5 Å². The number of nitrogens with zero attached hydrogens (tertiary/aromatic N) is 3. The number of halogens is 1. The van der Waals surface area contributed by atoms with E-state index < -0.39 is 0 Å². The molecule has 4 aromatic rings. The van der Waals surface area contributed by atoms with E-state index in [1.165, 1.54) is 11.3 Å². The molecular weight excluding hydrogens is 484 g/mol. The van der Waals surface area contributed by atoms with Gasteiger partial charge in [0.2, 0.25) is 11.9 Å². The number of thiophene rings is 1. The van der Waals surface area contributed by atoms with Gasteiger partial charge in [-0.15, -0.1) is 11.3 Å². The van der Waals surface area contributed by atoms with E-state index in [9.17, 15) is 9.59 Å². The normalized spacial score (nSPS) is 12.9. The highest BCUT2D eigenvalue weighted by molar-refractivity contribution is 7.12. The highest BCUT2D eigenvalue weighted by Gasteiger charge is 2.35. The van der Waals surface area contributed by atoms with Crippen molar-refractivity contribution in [2.75, 3.05) is 19.0 Å². The van der Waals surface area contributed by atoms with Crippen molar-refractivity contribution < 1.29 is 14.3 Å². The van der Waals surface area contributed by atoms with Gasteiger partial charge in [0.15, 0.2) is 0 Å². The first-order chi connectivity index (χ1) is 17.0. The molecule has 0 radical (unpaired) electrons. The molecule has 1 N–H and O–H groups in total. The maximum atomic E-state index is 13.1. The molecule has 1 aliphatic rings. The molecule has 178 valence electrons. The van der Waals surface area contributed by atoms with Gasteiger partial charge in [0.25, 0.3) is 5.91 Å². The minimum atomic E-state index is -0.301. The van der Waals surface area contributed by atoms with Crippen LogP contribution in [0.1, 0.15) is 22.5 Å². The second kappa shape index (κ2) is 9.93. The van der Waals surface area contributed by atoms with Gasteiger partial charge in [0.05, 0.1) is 17.7 Å². The van der Waals surface area contributed by atoms with Crippen LogP contribution >= 0.6 is 22.9 Å². The van der Waals surface area contributed by atoms with E-state index in [0.29, 0.717) is 21.5 Å². The van der Waals surface area contributed by atoms with Crippen LogP contribution in [0, 0.1) is 0 Å². The third kappa shape index (κ3) is 5.23. The SMILES string of the molecule is COc1ccc(-n2cc(-c3ccc(Cl)cc3)nc2NC(=O)CN(C(=O)c2cccs2)C2CC2)cc1. The van der Waals surface area contributed by atoms with E-state index >= 15 is 0 Å². The largest absolute Gasteiger partial charge is 0.497 e. The smallest absolute Gasteiger partial charge is 0.264 e. The minimum absolute atomic E-state index is 0.0346. The Balaban J connectivity index is 1.42. The highest BCUT2D eigenvalue weighted by Crippen LogP contribution is 2.30. The van der Waals surface area contributed by atoms with Crippen LogP contribution in [0.15, 0.2) is 72.2 Å². The monoisotopic (exact) mass is 506 g/mol. The van der Waals surface area contributed by atoms with Gasteiger partial charge >= 0.3 is 0 Å². The first kappa shape index (κ1) is 23.1. The van der Waals surface area contributed by atoms with Crippen LogP contribution in [0.4, 0.5) is 5.95 Å². The molecule has 9 heteroatoms. The van der Waals surface area contributed by atoms with Crippen LogP contribution < -0.4 is 10.1 Å². The van der Waals surface area contributed by atoms with E-state index in [1.807, 2.05) is 58.6 Å². The van der Waals surface area contributed by atoms with Crippen molar-refractivity contribution in [3.05, 3.63) is 82.1 Å². The zero-order chi connectivity index (χ0) is 24.4. The van der Waals surface area contributed by atoms with Gasteiger partial charge in [-0.1, -0.05) is 29.8 Å². The number of carbonyl (C=O) groups excluding carboxylic acids is 2. The number of benzene rings is 2. The summed E-state index contributed by atoms with van der Waals surface area (Å²) in [5, 5.41) is 5.41. The Labute approximate surface area is 211 Å². The lowest BCUT2D eigenvalue weighted by Crippen LogP contribution is -2.39. The second-order valence-corrected chi connectivity index (χ2v) is 9.60. The van der Waals surface area contributed by atoms with Gasteiger partial charge in [-0.25, -0.2) is 4.98 Å². The maximum Gasteiger partial charge on any atom is 0.264 e. The molecule has 0 spiro atoms. The quantitative estimate of drug-likeness (QED) is 0.342. The molecule has 2 aromatic heterocycles. The minimum Gasteiger partial charge on any atom is -0.497 e. The molecule has 0 aliphatic heterocycles.